The Bertz CT molecular complexity index is 1180. The van der Waals surface area contributed by atoms with Crippen LogP contribution in [0, 0.1) is 0 Å². The Labute approximate surface area is 161 Å². The second-order valence-electron chi connectivity index (χ2n) is 6.32. The maximum absolute atomic E-state index is 12.7. The third-order valence-electron chi connectivity index (χ3n) is 4.42. The molecule has 0 bridgehead atoms. The number of nitrogens with zero attached hydrogens (tertiary/aromatic N) is 1. The van der Waals surface area contributed by atoms with Crippen molar-refractivity contribution < 1.29 is 18.0 Å². The highest BCUT2D eigenvalue weighted by Gasteiger charge is 2.34. The van der Waals surface area contributed by atoms with Gasteiger partial charge in [-0.05, 0) is 48.4 Å². The number of halogens is 4. The summed E-state index contributed by atoms with van der Waals surface area (Å²) in [4.78, 5) is 21.2. The van der Waals surface area contributed by atoms with Crippen LogP contribution in [0.4, 0.5) is 13.2 Å². The van der Waals surface area contributed by atoms with E-state index in [1.165, 1.54) is 18.2 Å². The van der Waals surface area contributed by atoms with E-state index in [1.807, 2.05) is 18.3 Å². The van der Waals surface area contributed by atoms with Crippen molar-refractivity contribution in [1.29, 1.82) is 0 Å². The van der Waals surface area contributed by atoms with Crippen LogP contribution in [0.3, 0.4) is 0 Å². The minimum Gasteiger partial charge on any atom is -0.361 e. The predicted octanol–water partition coefficient (Wildman–Crippen LogP) is 4.69. The minimum atomic E-state index is -4.57. The molecule has 0 fully saturated rings. The summed E-state index contributed by atoms with van der Waals surface area (Å²) in [6.45, 7) is 0.368. The summed E-state index contributed by atoms with van der Waals surface area (Å²) in [6, 6.07) is 9.73. The molecule has 3 N–H and O–H groups in total. The Balaban J connectivity index is 1.45. The van der Waals surface area contributed by atoms with E-state index >= 15 is 0 Å². The third kappa shape index (κ3) is 3.55. The molecule has 0 unspecified atom stereocenters. The zero-order chi connectivity index (χ0) is 19.9. The molecule has 4 aromatic rings. The van der Waals surface area contributed by atoms with Gasteiger partial charge in [0.15, 0.2) is 0 Å². The van der Waals surface area contributed by atoms with E-state index in [9.17, 15) is 18.0 Å². The SMILES string of the molecule is O=C(NCCc1c[nH]c2ccc(Cl)cc12)c1ccc2nc(C(F)(F)F)[nH]c2c1. The third-order valence-corrected chi connectivity index (χ3v) is 4.66. The number of imidazole rings is 1. The Morgan fingerprint density at radius 2 is 1.96 bits per heavy atom. The molecular weight excluding hydrogens is 393 g/mol. The maximum Gasteiger partial charge on any atom is 0.449 e. The van der Waals surface area contributed by atoms with E-state index in [0.29, 0.717) is 18.0 Å². The van der Waals surface area contributed by atoms with Crippen molar-refractivity contribution in [1.82, 2.24) is 20.3 Å². The van der Waals surface area contributed by atoms with Crippen molar-refractivity contribution in [2.24, 2.45) is 0 Å². The second-order valence-corrected chi connectivity index (χ2v) is 6.76. The van der Waals surface area contributed by atoms with E-state index in [2.05, 4.69) is 20.3 Å². The highest BCUT2D eigenvalue weighted by atomic mass is 35.5. The molecule has 0 aliphatic carbocycles. The van der Waals surface area contributed by atoms with Crippen molar-refractivity contribution >= 4 is 39.4 Å². The number of benzene rings is 2. The predicted molar refractivity (Wildman–Crippen MR) is 100 cm³/mol. The molecule has 1 amide bonds. The topological polar surface area (TPSA) is 73.6 Å². The van der Waals surface area contributed by atoms with E-state index < -0.39 is 12.0 Å². The van der Waals surface area contributed by atoms with Gasteiger partial charge in [-0.25, -0.2) is 4.98 Å². The molecule has 4 rings (SSSR count). The van der Waals surface area contributed by atoms with Gasteiger partial charge < -0.3 is 15.3 Å². The molecule has 0 aliphatic rings. The average molecular weight is 407 g/mol. The first-order valence-corrected chi connectivity index (χ1v) is 8.80. The van der Waals surface area contributed by atoms with Crippen LogP contribution in [0.15, 0.2) is 42.6 Å². The summed E-state index contributed by atoms with van der Waals surface area (Å²) in [6.07, 6.45) is -2.12. The van der Waals surface area contributed by atoms with Gasteiger partial charge in [-0.3, -0.25) is 4.79 Å². The van der Waals surface area contributed by atoms with Gasteiger partial charge in [-0.1, -0.05) is 11.6 Å². The molecule has 0 saturated carbocycles. The molecule has 9 heteroatoms. The second kappa shape index (κ2) is 6.87. The van der Waals surface area contributed by atoms with Crippen LogP contribution in [0.5, 0.6) is 0 Å². The number of carbonyl (C=O) groups is 1. The fraction of sp³-hybridized carbons (Fsp3) is 0.158. The number of carbonyl (C=O) groups excluding carboxylic acids is 1. The van der Waals surface area contributed by atoms with Crippen molar-refractivity contribution in [3.8, 4) is 0 Å². The number of nitrogens with one attached hydrogen (secondary N) is 3. The molecule has 2 aromatic heterocycles. The van der Waals surface area contributed by atoms with E-state index in [4.69, 9.17) is 11.6 Å². The molecule has 5 nitrogen and oxygen atoms in total. The summed E-state index contributed by atoms with van der Waals surface area (Å²) in [5.41, 5.74) is 2.53. The summed E-state index contributed by atoms with van der Waals surface area (Å²) in [5.74, 6) is -1.46. The Hall–Kier alpha value is -3.00. The fourth-order valence-corrected chi connectivity index (χ4v) is 3.23. The van der Waals surface area contributed by atoms with Crippen molar-refractivity contribution in [2.75, 3.05) is 6.54 Å². The maximum atomic E-state index is 12.7. The lowest BCUT2D eigenvalue weighted by Gasteiger charge is -2.05. The van der Waals surface area contributed by atoms with Crippen LogP contribution in [0.25, 0.3) is 21.9 Å². The van der Waals surface area contributed by atoms with Crippen LogP contribution in [-0.2, 0) is 12.6 Å². The van der Waals surface area contributed by atoms with Gasteiger partial charge in [0.2, 0.25) is 5.82 Å². The van der Waals surface area contributed by atoms with Crippen LogP contribution < -0.4 is 5.32 Å². The lowest BCUT2D eigenvalue weighted by molar-refractivity contribution is -0.144. The molecule has 0 radical (unpaired) electrons. The van der Waals surface area contributed by atoms with Gasteiger partial charge in [-0.15, -0.1) is 0 Å². The minimum absolute atomic E-state index is 0.152. The highest BCUT2D eigenvalue weighted by Crippen LogP contribution is 2.28. The number of rotatable bonds is 4. The largest absolute Gasteiger partial charge is 0.449 e. The molecule has 2 heterocycles. The number of amides is 1. The smallest absolute Gasteiger partial charge is 0.361 e. The van der Waals surface area contributed by atoms with Crippen LogP contribution in [0.1, 0.15) is 21.7 Å². The van der Waals surface area contributed by atoms with Crippen LogP contribution in [-0.4, -0.2) is 27.4 Å². The van der Waals surface area contributed by atoms with Crippen molar-refractivity contribution in [2.45, 2.75) is 12.6 Å². The molecule has 144 valence electrons. The number of hydrogen-bond acceptors (Lipinski definition) is 2. The standard InChI is InChI=1S/C19H14ClF3N4O/c20-12-2-4-14-13(8-12)11(9-25-14)5-6-24-17(28)10-1-3-15-16(7-10)27-18(26-15)19(21,22)23/h1-4,7-9,25H,5-6H2,(H,24,28)(H,26,27). The van der Waals surface area contributed by atoms with Gasteiger partial charge in [-0.2, -0.15) is 13.2 Å². The van der Waals surface area contributed by atoms with Crippen molar-refractivity contribution in [3.63, 3.8) is 0 Å². The highest BCUT2D eigenvalue weighted by molar-refractivity contribution is 6.31. The molecule has 0 saturated heterocycles. The Kier molecular flexibility index (Phi) is 4.50. The zero-order valence-corrected chi connectivity index (χ0v) is 15.1. The number of aromatic nitrogens is 3. The molecule has 0 aliphatic heterocycles. The van der Waals surface area contributed by atoms with Gasteiger partial charge in [0.1, 0.15) is 0 Å². The normalized spacial score (nSPS) is 12.0. The van der Waals surface area contributed by atoms with Crippen LogP contribution in [0.2, 0.25) is 5.02 Å². The van der Waals surface area contributed by atoms with Gasteiger partial charge in [0.05, 0.1) is 11.0 Å². The molecule has 0 atom stereocenters. The number of H-pyrrole nitrogens is 2. The number of alkyl halides is 3. The van der Waals surface area contributed by atoms with E-state index in [1.54, 1.807) is 6.07 Å². The van der Waals surface area contributed by atoms with Gasteiger partial charge >= 0.3 is 6.18 Å². The molecule has 0 spiro atoms. The zero-order valence-electron chi connectivity index (χ0n) is 14.3. The van der Waals surface area contributed by atoms with Gasteiger partial charge in [0, 0.05) is 34.2 Å². The van der Waals surface area contributed by atoms with Crippen LogP contribution >= 0.6 is 11.6 Å². The molecule has 28 heavy (non-hydrogen) atoms. The summed E-state index contributed by atoms with van der Waals surface area (Å²) in [5, 5.41) is 4.39. The van der Waals surface area contributed by atoms with Crippen molar-refractivity contribution in [3.05, 3.63) is 64.6 Å². The first-order valence-electron chi connectivity index (χ1n) is 8.42. The van der Waals surface area contributed by atoms with E-state index in [-0.39, 0.29) is 22.5 Å². The monoisotopic (exact) mass is 406 g/mol. The number of hydrogen-bond donors (Lipinski definition) is 3. The average Bonchev–Trinajstić information content (AvgIpc) is 3.24. The van der Waals surface area contributed by atoms with Gasteiger partial charge in [0.25, 0.3) is 5.91 Å². The summed E-state index contributed by atoms with van der Waals surface area (Å²) < 4.78 is 38.2. The Morgan fingerprint density at radius 1 is 1.14 bits per heavy atom. The lowest BCUT2D eigenvalue weighted by Crippen LogP contribution is -2.25. The van der Waals surface area contributed by atoms with E-state index in [0.717, 1.165) is 16.5 Å². The first-order chi connectivity index (χ1) is 13.3. The lowest BCUT2D eigenvalue weighted by atomic mass is 10.1. The number of fused-ring (bicyclic) bond motifs is 2. The first kappa shape index (κ1) is 18.4. The summed E-state index contributed by atoms with van der Waals surface area (Å²) >= 11 is 6.03. The number of aromatic amines is 2. The molecular formula is C19H14ClF3N4O. The quantitative estimate of drug-likeness (QED) is 0.460. The fourth-order valence-electron chi connectivity index (χ4n) is 3.06. The molecule has 2 aromatic carbocycles. The summed E-state index contributed by atoms with van der Waals surface area (Å²) in [7, 11) is 0. The Morgan fingerprint density at radius 3 is 2.75 bits per heavy atom.